The lowest BCUT2D eigenvalue weighted by Gasteiger charge is -2.32. The van der Waals surface area contributed by atoms with Crippen LogP contribution in [0.2, 0.25) is 0 Å². The number of likely N-dealkylation sites (N-methyl/N-ethyl adjacent to an activating group) is 1. The summed E-state index contributed by atoms with van der Waals surface area (Å²) in [6, 6.07) is 8.38. The zero-order valence-corrected chi connectivity index (χ0v) is 17.3. The number of nitrogens with one attached hydrogen (secondary N) is 1. The normalized spacial score (nSPS) is 17.6. The second-order valence-corrected chi connectivity index (χ2v) is 7.67. The lowest BCUT2D eigenvalue weighted by atomic mass is 10.1. The van der Waals surface area contributed by atoms with E-state index in [9.17, 15) is 0 Å². The van der Waals surface area contributed by atoms with Crippen molar-refractivity contribution >= 4 is 29.9 Å². The lowest BCUT2D eigenvalue weighted by molar-refractivity contribution is 0.311. The summed E-state index contributed by atoms with van der Waals surface area (Å²) in [4.78, 5) is 23.0. The molecule has 7 nitrogen and oxygen atoms in total. The average Bonchev–Trinajstić information content (AvgIpc) is 3.12. The Morgan fingerprint density at radius 3 is 2.38 bits per heavy atom. The molecule has 150 valence electrons. The summed E-state index contributed by atoms with van der Waals surface area (Å²) in [7, 11) is 2.14. The van der Waals surface area contributed by atoms with Gasteiger partial charge in [-0.3, -0.25) is 4.99 Å². The number of benzene rings is 1. The minimum atomic E-state index is 0.530. The van der Waals surface area contributed by atoms with Gasteiger partial charge in [0.2, 0.25) is 11.9 Å². The van der Waals surface area contributed by atoms with Gasteiger partial charge >= 0.3 is 0 Å². The van der Waals surface area contributed by atoms with Gasteiger partial charge in [0, 0.05) is 26.2 Å². The molecule has 0 spiro atoms. The van der Waals surface area contributed by atoms with E-state index >= 15 is 0 Å². The van der Waals surface area contributed by atoms with Crippen molar-refractivity contribution in [2.45, 2.75) is 13.8 Å². The predicted octanol–water partition coefficient (Wildman–Crippen LogP) is 2.87. The lowest BCUT2D eigenvalue weighted by Crippen LogP contribution is -2.45. The highest BCUT2D eigenvalue weighted by Crippen LogP contribution is 2.16. The molecule has 0 bridgehead atoms. The summed E-state index contributed by atoms with van der Waals surface area (Å²) in [6.45, 7) is 8.68. The molecule has 2 aromatic rings. The first kappa shape index (κ1) is 19.3. The van der Waals surface area contributed by atoms with Crippen LogP contribution in [0.25, 0.3) is 12.2 Å². The Hall–Kier alpha value is -3.06. The van der Waals surface area contributed by atoms with Crippen LogP contribution >= 0.6 is 0 Å². The molecule has 0 amide bonds. The highest BCUT2D eigenvalue weighted by atomic mass is 15.3. The number of hydrogen-bond donors (Lipinski definition) is 1. The number of anilines is 2. The largest absolute Gasteiger partial charge is 0.338 e. The third-order valence-electron chi connectivity index (χ3n) is 5.05. The van der Waals surface area contributed by atoms with Crippen LogP contribution in [0.4, 0.5) is 11.9 Å². The maximum absolute atomic E-state index is 4.71. The van der Waals surface area contributed by atoms with Gasteiger partial charge in [-0.1, -0.05) is 35.9 Å². The zero-order chi connectivity index (χ0) is 20.2. The molecular weight excluding hydrogens is 362 g/mol. The third-order valence-corrected chi connectivity index (χ3v) is 5.05. The number of piperazine rings is 1. The average molecular weight is 390 g/mol. The molecule has 1 N–H and O–H groups in total. The van der Waals surface area contributed by atoms with E-state index in [2.05, 4.69) is 75.2 Å². The summed E-state index contributed by atoms with van der Waals surface area (Å²) in [5, 5.41) is 3.25. The van der Waals surface area contributed by atoms with Crippen LogP contribution in [0.5, 0.6) is 0 Å². The Labute approximate surface area is 171 Å². The molecule has 0 unspecified atom stereocenters. The topological polar surface area (TPSA) is 69.5 Å². The zero-order valence-electron chi connectivity index (χ0n) is 17.3. The maximum atomic E-state index is 4.71. The number of aliphatic imine (C=N–C) groups is 1. The molecule has 1 saturated heterocycles. The van der Waals surface area contributed by atoms with Crippen LogP contribution in [-0.4, -0.2) is 65.5 Å². The van der Waals surface area contributed by atoms with E-state index < -0.39 is 0 Å². The molecule has 3 heterocycles. The minimum absolute atomic E-state index is 0.530. The Kier molecular flexibility index (Phi) is 5.67. The molecule has 0 saturated carbocycles. The number of nitrogens with zero attached hydrogens (tertiary/aromatic N) is 6. The van der Waals surface area contributed by atoms with Crippen molar-refractivity contribution in [2.75, 3.05) is 50.0 Å². The van der Waals surface area contributed by atoms with Crippen molar-refractivity contribution in [1.82, 2.24) is 19.9 Å². The monoisotopic (exact) mass is 389 g/mol. The fourth-order valence-corrected chi connectivity index (χ4v) is 3.23. The fraction of sp³-hybridized carbons (Fsp3) is 0.364. The fourth-order valence-electron chi connectivity index (χ4n) is 3.23. The van der Waals surface area contributed by atoms with E-state index in [0.29, 0.717) is 17.7 Å². The van der Waals surface area contributed by atoms with Gasteiger partial charge in [0.15, 0.2) is 5.82 Å². The van der Waals surface area contributed by atoms with Gasteiger partial charge in [0.25, 0.3) is 0 Å². The van der Waals surface area contributed by atoms with E-state index in [-0.39, 0.29) is 0 Å². The Balaban J connectivity index is 1.61. The Morgan fingerprint density at radius 2 is 1.69 bits per heavy atom. The van der Waals surface area contributed by atoms with Crippen molar-refractivity contribution in [3.63, 3.8) is 0 Å². The molecule has 29 heavy (non-hydrogen) atoms. The van der Waals surface area contributed by atoms with Crippen molar-refractivity contribution < 1.29 is 0 Å². The van der Waals surface area contributed by atoms with Gasteiger partial charge in [-0.15, -0.1) is 0 Å². The van der Waals surface area contributed by atoms with Crippen molar-refractivity contribution in [2.24, 2.45) is 4.99 Å². The summed E-state index contributed by atoms with van der Waals surface area (Å²) in [5.74, 6) is 2.67. The van der Waals surface area contributed by atoms with E-state index in [1.807, 2.05) is 18.2 Å². The number of aromatic nitrogens is 3. The molecule has 4 rings (SSSR count). The Bertz CT molecular complexity index is 952. The number of hydrogen-bond acceptors (Lipinski definition) is 7. The van der Waals surface area contributed by atoms with Gasteiger partial charge < -0.3 is 15.1 Å². The van der Waals surface area contributed by atoms with Crippen molar-refractivity contribution in [1.29, 1.82) is 0 Å². The van der Waals surface area contributed by atoms with Gasteiger partial charge in [-0.25, -0.2) is 0 Å². The first-order valence-electron chi connectivity index (χ1n) is 9.98. The first-order valence-corrected chi connectivity index (χ1v) is 9.98. The van der Waals surface area contributed by atoms with Gasteiger partial charge in [0.05, 0.1) is 6.54 Å². The molecule has 0 radical (unpaired) electrons. The van der Waals surface area contributed by atoms with Crippen LogP contribution in [0.3, 0.4) is 0 Å². The van der Waals surface area contributed by atoms with E-state index in [4.69, 9.17) is 4.98 Å². The summed E-state index contributed by atoms with van der Waals surface area (Å²) in [6.07, 6.45) is 6.00. The highest BCUT2D eigenvalue weighted by Gasteiger charge is 2.18. The van der Waals surface area contributed by atoms with Crippen LogP contribution in [0.15, 0.2) is 40.9 Å². The first-order chi connectivity index (χ1) is 14.0. The molecule has 1 aromatic heterocycles. The van der Waals surface area contributed by atoms with Gasteiger partial charge in [-0.2, -0.15) is 15.0 Å². The third kappa shape index (κ3) is 5.06. The van der Waals surface area contributed by atoms with Crippen molar-refractivity contribution in [3.05, 3.63) is 52.9 Å². The molecular formula is C22H27N7. The van der Waals surface area contributed by atoms with E-state index in [1.165, 1.54) is 11.1 Å². The quantitative estimate of drug-likeness (QED) is 0.867. The molecule has 7 heteroatoms. The van der Waals surface area contributed by atoms with Crippen LogP contribution in [0.1, 0.15) is 23.9 Å². The Morgan fingerprint density at radius 1 is 0.931 bits per heavy atom. The molecule has 2 aliphatic heterocycles. The number of rotatable bonds is 4. The second-order valence-electron chi connectivity index (χ2n) is 7.67. The molecule has 0 atom stereocenters. The van der Waals surface area contributed by atoms with Crippen LogP contribution < -0.4 is 10.2 Å². The SMILES string of the molecule is CC1=CC(Nc2nc(/C=C/c3ccc(C)cc3)nc(N3CCN(C)CC3)n2)=NC1. The van der Waals surface area contributed by atoms with E-state index in [1.54, 1.807) is 0 Å². The summed E-state index contributed by atoms with van der Waals surface area (Å²) >= 11 is 0. The van der Waals surface area contributed by atoms with Gasteiger partial charge in [0.1, 0.15) is 5.84 Å². The smallest absolute Gasteiger partial charge is 0.233 e. The maximum Gasteiger partial charge on any atom is 0.233 e. The van der Waals surface area contributed by atoms with Crippen LogP contribution in [-0.2, 0) is 0 Å². The summed E-state index contributed by atoms with van der Waals surface area (Å²) in [5.41, 5.74) is 3.58. The van der Waals surface area contributed by atoms with Crippen LogP contribution in [0, 0.1) is 6.92 Å². The number of aryl methyl sites for hydroxylation is 1. The van der Waals surface area contributed by atoms with Crippen molar-refractivity contribution in [3.8, 4) is 0 Å². The number of amidine groups is 1. The van der Waals surface area contributed by atoms with E-state index in [0.717, 1.165) is 44.1 Å². The molecule has 1 aromatic carbocycles. The molecule has 1 fully saturated rings. The molecule has 0 aliphatic carbocycles. The summed E-state index contributed by atoms with van der Waals surface area (Å²) < 4.78 is 0. The predicted molar refractivity (Wildman–Crippen MR) is 119 cm³/mol. The highest BCUT2D eigenvalue weighted by molar-refractivity contribution is 6.04. The second kappa shape index (κ2) is 8.53. The molecule has 2 aliphatic rings. The standard InChI is InChI=1S/C22H27N7/c1-16-4-6-18(7-5-16)8-9-19-24-21(25-20-14-17(2)15-23-20)27-22(26-19)29-12-10-28(3)11-13-29/h4-9,14H,10-13,15H2,1-3H3,(H,23,24,25,26,27)/b9-8+. The minimum Gasteiger partial charge on any atom is -0.338 e. The van der Waals surface area contributed by atoms with Gasteiger partial charge in [-0.05, 0) is 44.2 Å².